The van der Waals surface area contributed by atoms with Crippen LogP contribution in [0.1, 0.15) is 0 Å². The molecule has 0 unspecified atom stereocenters. The van der Waals surface area contributed by atoms with Crippen LogP contribution in [0, 0.1) is 0 Å². The maximum atomic E-state index is 5.01. The Kier molecular flexibility index (Phi) is 7.43. The average molecular weight is 677 g/mol. The maximum Gasteiger partial charge on any atom is 0.164 e. The molecule has 8 aromatic carbocycles. The Labute approximate surface area is 307 Å². The van der Waals surface area contributed by atoms with Gasteiger partial charge in [0.15, 0.2) is 17.5 Å². The third-order valence-corrected chi connectivity index (χ3v) is 10.1. The van der Waals surface area contributed by atoms with Crippen molar-refractivity contribution in [3.63, 3.8) is 0 Å². The standard InChI is InChI=1S/C49H32N4/c1-2-11-37(12-3-1)47-50-48(52-49(51-47)39-25-20-36(21-26-39)41-27-22-33-10-4-5-13-40(33)32-41)38-23-18-34(19-24-38)35-28-30-42(31-29-35)53-45-16-8-6-14-43(45)44-15-7-9-17-46(44)53/h1-32H. The average Bonchev–Trinajstić information content (AvgIpc) is 3.58. The summed E-state index contributed by atoms with van der Waals surface area (Å²) in [6.45, 7) is 0. The zero-order valence-corrected chi connectivity index (χ0v) is 28.8. The lowest BCUT2D eigenvalue weighted by Gasteiger charge is -2.11. The molecule has 0 saturated carbocycles. The Bertz CT molecular complexity index is 2860. The van der Waals surface area contributed by atoms with Crippen LogP contribution in [0.5, 0.6) is 0 Å². The first-order valence-corrected chi connectivity index (χ1v) is 17.9. The van der Waals surface area contributed by atoms with Gasteiger partial charge < -0.3 is 4.57 Å². The molecule has 0 amide bonds. The van der Waals surface area contributed by atoms with Crippen LogP contribution in [0.2, 0.25) is 0 Å². The number of para-hydroxylation sites is 2. The molecule has 0 spiro atoms. The molecule has 0 N–H and O–H groups in total. The number of rotatable bonds is 6. The van der Waals surface area contributed by atoms with E-state index in [1.54, 1.807) is 0 Å². The Balaban J connectivity index is 0.974. The highest BCUT2D eigenvalue weighted by molar-refractivity contribution is 6.09. The lowest BCUT2D eigenvalue weighted by atomic mass is 10.00. The highest BCUT2D eigenvalue weighted by Crippen LogP contribution is 2.34. The van der Waals surface area contributed by atoms with Gasteiger partial charge in [0.2, 0.25) is 0 Å². The zero-order valence-electron chi connectivity index (χ0n) is 28.8. The molecule has 0 aliphatic heterocycles. The minimum absolute atomic E-state index is 0.640. The fourth-order valence-corrected chi connectivity index (χ4v) is 7.35. The molecule has 10 rings (SSSR count). The van der Waals surface area contributed by atoms with Gasteiger partial charge in [0.1, 0.15) is 0 Å². The van der Waals surface area contributed by atoms with Crippen molar-refractivity contribution in [1.29, 1.82) is 0 Å². The first-order chi connectivity index (χ1) is 26.2. The monoisotopic (exact) mass is 676 g/mol. The molecule has 0 saturated heterocycles. The smallest absolute Gasteiger partial charge is 0.164 e. The molecule has 0 atom stereocenters. The van der Waals surface area contributed by atoms with Crippen LogP contribution in [-0.2, 0) is 0 Å². The van der Waals surface area contributed by atoms with E-state index in [0.717, 1.165) is 39.1 Å². The predicted molar refractivity (Wildman–Crippen MR) is 219 cm³/mol. The van der Waals surface area contributed by atoms with Gasteiger partial charge in [0, 0.05) is 33.2 Å². The fourth-order valence-electron chi connectivity index (χ4n) is 7.35. The van der Waals surface area contributed by atoms with Crippen molar-refractivity contribution in [2.75, 3.05) is 0 Å². The Morgan fingerprint density at radius 2 is 0.679 bits per heavy atom. The summed E-state index contributed by atoms with van der Waals surface area (Å²) in [5.74, 6) is 1.93. The molecule has 0 fully saturated rings. The molecule has 0 aliphatic rings. The Morgan fingerprint density at radius 1 is 0.283 bits per heavy atom. The lowest BCUT2D eigenvalue weighted by Crippen LogP contribution is -2.00. The van der Waals surface area contributed by atoms with Gasteiger partial charge in [-0.15, -0.1) is 0 Å². The number of aromatic nitrogens is 4. The summed E-state index contributed by atoms with van der Waals surface area (Å²) in [4.78, 5) is 14.9. The van der Waals surface area contributed by atoms with Gasteiger partial charge in [0.05, 0.1) is 11.0 Å². The van der Waals surface area contributed by atoms with Crippen LogP contribution in [0.15, 0.2) is 194 Å². The Hall–Kier alpha value is -7.17. The minimum Gasteiger partial charge on any atom is -0.309 e. The van der Waals surface area contributed by atoms with E-state index >= 15 is 0 Å². The summed E-state index contributed by atoms with van der Waals surface area (Å²) in [5.41, 5.74) is 11.0. The van der Waals surface area contributed by atoms with Gasteiger partial charge >= 0.3 is 0 Å². The van der Waals surface area contributed by atoms with E-state index in [4.69, 9.17) is 15.0 Å². The highest BCUT2D eigenvalue weighted by atomic mass is 15.0. The summed E-state index contributed by atoms with van der Waals surface area (Å²) in [6.07, 6.45) is 0. The SMILES string of the molecule is c1ccc(-c2nc(-c3ccc(-c4ccc(-n5c6ccccc6c6ccccc65)cc4)cc3)nc(-c3ccc(-c4ccc5ccccc5c4)cc3)n2)cc1. The minimum atomic E-state index is 0.640. The van der Waals surface area contributed by atoms with Crippen molar-refractivity contribution in [3.8, 4) is 62.1 Å². The normalized spacial score (nSPS) is 11.4. The first kappa shape index (κ1) is 30.6. The summed E-state index contributed by atoms with van der Waals surface area (Å²) in [7, 11) is 0. The van der Waals surface area contributed by atoms with Gasteiger partial charge in [-0.1, -0.05) is 164 Å². The van der Waals surface area contributed by atoms with Gasteiger partial charge in [0.25, 0.3) is 0 Å². The number of hydrogen-bond donors (Lipinski definition) is 0. The van der Waals surface area contributed by atoms with Gasteiger partial charge in [-0.3, -0.25) is 0 Å². The van der Waals surface area contributed by atoms with Gasteiger partial charge in [-0.2, -0.15) is 0 Å². The first-order valence-electron chi connectivity index (χ1n) is 17.9. The van der Waals surface area contributed by atoms with E-state index in [0.29, 0.717) is 17.5 Å². The van der Waals surface area contributed by atoms with Crippen molar-refractivity contribution in [2.45, 2.75) is 0 Å². The van der Waals surface area contributed by atoms with Crippen LogP contribution >= 0.6 is 0 Å². The summed E-state index contributed by atoms with van der Waals surface area (Å²) in [6, 6.07) is 68.2. The van der Waals surface area contributed by atoms with Crippen LogP contribution < -0.4 is 0 Å². The summed E-state index contributed by atoms with van der Waals surface area (Å²) in [5, 5.41) is 4.99. The summed E-state index contributed by atoms with van der Waals surface area (Å²) >= 11 is 0. The lowest BCUT2D eigenvalue weighted by molar-refractivity contribution is 1.07. The molecule has 4 heteroatoms. The fraction of sp³-hybridized carbons (Fsp3) is 0. The van der Waals surface area contributed by atoms with Gasteiger partial charge in [-0.25, -0.2) is 15.0 Å². The van der Waals surface area contributed by atoms with E-state index in [1.165, 1.54) is 38.1 Å². The van der Waals surface area contributed by atoms with Crippen molar-refractivity contribution >= 4 is 32.6 Å². The van der Waals surface area contributed by atoms with E-state index in [9.17, 15) is 0 Å². The molecule has 0 aliphatic carbocycles. The largest absolute Gasteiger partial charge is 0.309 e. The van der Waals surface area contributed by atoms with Crippen molar-refractivity contribution in [2.24, 2.45) is 0 Å². The molecule has 53 heavy (non-hydrogen) atoms. The molecule has 2 aromatic heterocycles. The predicted octanol–water partition coefficient (Wildman–Crippen LogP) is 12.5. The zero-order chi connectivity index (χ0) is 35.1. The highest BCUT2D eigenvalue weighted by Gasteiger charge is 2.14. The topological polar surface area (TPSA) is 43.6 Å². The number of hydrogen-bond acceptors (Lipinski definition) is 3. The number of benzene rings is 8. The third-order valence-electron chi connectivity index (χ3n) is 10.1. The molecule has 248 valence electrons. The quantitative estimate of drug-likeness (QED) is 0.176. The Morgan fingerprint density at radius 3 is 1.25 bits per heavy atom. The van der Waals surface area contributed by atoms with Crippen molar-refractivity contribution in [3.05, 3.63) is 194 Å². The van der Waals surface area contributed by atoms with E-state index < -0.39 is 0 Å². The van der Waals surface area contributed by atoms with Gasteiger partial charge in [-0.05, 0) is 63.4 Å². The van der Waals surface area contributed by atoms with Crippen molar-refractivity contribution < 1.29 is 0 Å². The second-order valence-corrected chi connectivity index (χ2v) is 13.3. The molecule has 0 radical (unpaired) electrons. The van der Waals surface area contributed by atoms with Crippen molar-refractivity contribution in [1.82, 2.24) is 19.5 Å². The second-order valence-electron chi connectivity index (χ2n) is 13.3. The number of fused-ring (bicyclic) bond motifs is 4. The molecular formula is C49H32N4. The van der Waals surface area contributed by atoms with E-state index in [1.807, 2.05) is 30.3 Å². The summed E-state index contributed by atoms with van der Waals surface area (Å²) < 4.78 is 2.34. The molecule has 2 heterocycles. The van der Waals surface area contributed by atoms with Crippen LogP contribution in [-0.4, -0.2) is 19.5 Å². The number of nitrogens with zero attached hydrogens (tertiary/aromatic N) is 4. The molecule has 4 nitrogen and oxygen atoms in total. The van der Waals surface area contributed by atoms with E-state index in [-0.39, 0.29) is 0 Å². The third kappa shape index (κ3) is 5.63. The maximum absolute atomic E-state index is 5.01. The molecular weight excluding hydrogens is 645 g/mol. The molecule has 10 aromatic rings. The van der Waals surface area contributed by atoms with E-state index in [2.05, 4.69) is 168 Å². The van der Waals surface area contributed by atoms with Crippen LogP contribution in [0.25, 0.3) is 94.7 Å². The molecule has 0 bridgehead atoms. The second kappa shape index (κ2) is 12.9. The van der Waals surface area contributed by atoms with Crippen LogP contribution in [0.3, 0.4) is 0 Å². The van der Waals surface area contributed by atoms with Crippen LogP contribution in [0.4, 0.5) is 0 Å².